The third kappa shape index (κ3) is 10.3. The smallest absolute Gasteiger partial charge is 0.376 e. The molecule has 5 N–H and O–H groups in total. The SMILES string of the molecule is CB(O)N1CCC(C(=O)N2CCC3(CC2)CC(N)c2cc(F)ccc2O3)CC1.CB(O)N1CCC(C(=O)N2CCC3(CC2)CC(NC(=O)c2ccccn2)c2cc(F)ccc2O3)CC1. The van der Waals surface area contributed by atoms with Crippen LogP contribution in [0.15, 0.2) is 60.8 Å². The molecule has 2 unspecified atom stereocenters. The van der Waals surface area contributed by atoms with Crippen LogP contribution in [0, 0.1) is 23.5 Å². The molecule has 0 saturated carbocycles. The Hall–Kier alpha value is -4.61. The summed E-state index contributed by atoms with van der Waals surface area (Å²) in [5.74, 6) is 0.672. The Labute approximate surface area is 375 Å². The molecule has 4 fully saturated rings. The predicted octanol–water partition coefficient (Wildman–Crippen LogP) is 4.45. The standard InChI is InChI=1S/C26H32BFN4O4.C20H29BFN3O3/c1-27(35)32-12-7-18(8-13-32)25(34)31-14-9-26(10-15-31)17-22(20-16-19(28)5-6-23(20)36-26)30-24(33)21-4-2-3-11-29-21;1-21(27)25-8-4-14(5-9-25)19(26)24-10-6-20(7-11-24)13-17(23)16-12-15(22)2-3-18(16)28-20/h2-6,11,16,18,22,35H,7-10,12-15,17H2,1H3,(H,30,33);2-3,12,14,17,27H,4-11,13,23H2,1H3. The lowest BCUT2D eigenvalue weighted by Crippen LogP contribution is -2.55. The van der Waals surface area contributed by atoms with Crippen LogP contribution in [-0.2, 0) is 9.59 Å². The molecular weight excluding hydrogens is 822 g/mol. The molecule has 3 amide bonds. The zero-order chi connectivity index (χ0) is 45.2. The fourth-order valence-corrected chi connectivity index (χ4v) is 10.6. The number of nitrogens with zero attached hydrogens (tertiary/aromatic N) is 5. The van der Waals surface area contributed by atoms with Crippen molar-refractivity contribution in [2.75, 3.05) is 52.4 Å². The van der Waals surface area contributed by atoms with E-state index in [0.29, 0.717) is 74.6 Å². The van der Waals surface area contributed by atoms with E-state index < -0.39 is 25.7 Å². The molecule has 342 valence electrons. The fraction of sp³-hybridized carbons (Fsp3) is 0.565. The van der Waals surface area contributed by atoms with Gasteiger partial charge >= 0.3 is 14.1 Å². The van der Waals surface area contributed by atoms with E-state index in [1.165, 1.54) is 24.3 Å². The Morgan fingerprint density at radius 3 is 1.64 bits per heavy atom. The first-order valence-corrected chi connectivity index (χ1v) is 23.1. The minimum Gasteiger partial charge on any atom is -0.487 e. The summed E-state index contributed by atoms with van der Waals surface area (Å²) in [6.07, 6.45) is 8.58. The summed E-state index contributed by atoms with van der Waals surface area (Å²) in [6.45, 7) is 8.98. The fourth-order valence-electron chi connectivity index (χ4n) is 10.6. The molecule has 64 heavy (non-hydrogen) atoms. The second-order valence-electron chi connectivity index (χ2n) is 18.7. The van der Waals surface area contributed by atoms with Gasteiger partial charge in [0.1, 0.15) is 40.0 Å². The second kappa shape index (κ2) is 19.5. The summed E-state index contributed by atoms with van der Waals surface area (Å²) in [5.41, 5.74) is 7.06. The lowest BCUT2D eigenvalue weighted by atomic mass is 9.79. The summed E-state index contributed by atoms with van der Waals surface area (Å²) in [4.78, 5) is 51.0. The van der Waals surface area contributed by atoms with Crippen molar-refractivity contribution in [3.63, 3.8) is 0 Å². The van der Waals surface area contributed by atoms with Gasteiger partial charge in [-0.3, -0.25) is 19.4 Å². The first-order chi connectivity index (χ1) is 30.7. The van der Waals surface area contributed by atoms with Crippen LogP contribution in [0.1, 0.15) is 97.9 Å². The highest BCUT2D eigenvalue weighted by atomic mass is 19.1. The minimum absolute atomic E-state index is 0.0181. The first-order valence-electron chi connectivity index (χ1n) is 23.1. The first kappa shape index (κ1) is 45.9. The highest BCUT2D eigenvalue weighted by molar-refractivity contribution is 6.45. The van der Waals surface area contributed by atoms with Crippen LogP contribution in [0.4, 0.5) is 8.78 Å². The van der Waals surface area contributed by atoms with Gasteiger partial charge in [0.2, 0.25) is 11.8 Å². The van der Waals surface area contributed by atoms with Gasteiger partial charge in [-0.1, -0.05) is 6.07 Å². The normalized spacial score (nSPS) is 23.4. The van der Waals surface area contributed by atoms with E-state index in [1.54, 1.807) is 50.2 Å². The molecule has 3 aromatic rings. The van der Waals surface area contributed by atoms with Crippen molar-refractivity contribution in [3.8, 4) is 11.5 Å². The lowest BCUT2D eigenvalue weighted by Gasteiger charge is -2.47. The van der Waals surface area contributed by atoms with E-state index in [0.717, 1.165) is 70.3 Å². The molecular formula is C46H61B2F2N7O7. The molecule has 2 spiro atoms. The molecule has 0 radical (unpaired) electrons. The van der Waals surface area contributed by atoms with Gasteiger partial charge in [-0.2, -0.15) is 0 Å². The zero-order valence-electron chi connectivity index (χ0n) is 37.0. The van der Waals surface area contributed by atoms with E-state index in [9.17, 15) is 33.2 Å². The van der Waals surface area contributed by atoms with Gasteiger partial charge in [0.05, 0.1) is 6.04 Å². The molecule has 6 aliphatic rings. The summed E-state index contributed by atoms with van der Waals surface area (Å²) >= 11 is 0. The largest absolute Gasteiger partial charge is 0.487 e. The average Bonchev–Trinajstić information content (AvgIpc) is 3.30. The van der Waals surface area contributed by atoms with E-state index in [2.05, 4.69) is 10.3 Å². The number of pyridine rings is 1. The van der Waals surface area contributed by atoms with Crippen LogP contribution >= 0.6 is 0 Å². The van der Waals surface area contributed by atoms with E-state index >= 15 is 0 Å². The molecule has 0 bridgehead atoms. The number of nitrogens with two attached hydrogens (primary N) is 1. The summed E-state index contributed by atoms with van der Waals surface area (Å²) in [6, 6.07) is 13.4. The maximum atomic E-state index is 14.1. The lowest BCUT2D eigenvalue weighted by molar-refractivity contribution is -0.141. The predicted molar refractivity (Wildman–Crippen MR) is 238 cm³/mol. The Morgan fingerprint density at radius 1 is 0.703 bits per heavy atom. The van der Waals surface area contributed by atoms with Gasteiger partial charge in [0, 0.05) is 99.9 Å². The second-order valence-corrected chi connectivity index (χ2v) is 18.7. The van der Waals surface area contributed by atoms with Crippen molar-refractivity contribution in [2.45, 2.75) is 101 Å². The van der Waals surface area contributed by atoms with E-state index in [4.69, 9.17) is 15.2 Å². The Bertz CT molecular complexity index is 2130. The number of fused-ring (bicyclic) bond motifs is 2. The van der Waals surface area contributed by atoms with Crippen molar-refractivity contribution in [1.29, 1.82) is 0 Å². The summed E-state index contributed by atoms with van der Waals surface area (Å²) in [5, 5.41) is 22.5. The van der Waals surface area contributed by atoms with Crippen LogP contribution in [0.5, 0.6) is 11.5 Å². The van der Waals surface area contributed by atoms with Crippen molar-refractivity contribution < 1.29 is 42.7 Å². The number of aromatic nitrogens is 1. The highest BCUT2D eigenvalue weighted by Gasteiger charge is 2.47. The number of ether oxygens (including phenoxy) is 2. The van der Waals surface area contributed by atoms with Crippen LogP contribution in [-0.4, -0.2) is 130 Å². The van der Waals surface area contributed by atoms with Crippen molar-refractivity contribution in [1.82, 2.24) is 29.7 Å². The van der Waals surface area contributed by atoms with Crippen LogP contribution in [0.25, 0.3) is 0 Å². The number of carbonyl (C=O) groups excluding carboxylic acids is 3. The average molecular weight is 884 g/mol. The highest BCUT2D eigenvalue weighted by Crippen LogP contribution is 2.46. The van der Waals surface area contributed by atoms with Gasteiger partial charge in [-0.25, -0.2) is 8.78 Å². The zero-order valence-corrected chi connectivity index (χ0v) is 37.0. The quantitative estimate of drug-likeness (QED) is 0.258. The van der Waals surface area contributed by atoms with Gasteiger partial charge in [-0.15, -0.1) is 0 Å². The third-order valence-corrected chi connectivity index (χ3v) is 14.5. The number of amides is 3. The summed E-state index contributed by atoms with van der Waals surface area (Å²) in [7, 11) is -0.934. The minimum atomic E-state index is -0.542. The molecule has 0 aliphatic carbocycles. The van der Waals surface area contributed by atoms with E-state index in [1.807, 2.05) is 19.4 Å². The van der Waals surface area contributed by atoms with Crippen molar-refractivity contribution >= 4 is 31.8 Å². The number of carbonyl (C=O) groups is 3. The topological polar surface area (TPSA) is 174 Å². The molecule has 2 aromatic carbocycles. The van der Waals surface area contributed by atoms with Gasteiger partial charge < -0.3 is 50.0 Å². The number of hydrogen-bond donors (Lipinski definition) is 4. The van der Waals surface area contributed by atoms with Crippen LogP contribution < -0.4 is 20.5 Å². The number of halogens is 2. The number of nitrogens with one attached hydrogen (secondary N) is 1. The van der Waals surface area contributed by atoms with Crippen molar-refractivity contribution in [3.05, 3.63) is 89.2 Å². The van der Waals surface area contributed by atoms with Gasteiger partial charge in [0.25, 0.3) is 5.91 Å². The van der Waals surface area contributed by atoms with Crippen LogP contribution in [0.3, 0.4) is 0 Å². The Morgan fingerprint density at radius 2 is 1.17 bits per heavy atom. The summed E-state index contributed by atoms with van der Waals surface area (Å²) < 4.78 is 40.3. The molecule has 9 rings (SSSR count). The Balaban J connectivity index is 0.000000181. The monoisotopic (exact) mass is 883 g/mol. The van der Waals surface area contributed by atoms with Crippen LogP contribution in [0.2, 0.25) is 13.6 Å². The number of piperidine rings is 4. The molecule has 14 nitrogen and oxygen atoms in total. The molecule has 4 saturated heterocycles. The maximum absolute atomic E-state index is 14.1. The molecule has 6 aliphatic heterocycles. The number of benzene rings is 2. The molecule has 2 atom stereocenters. The van der Waals surface area contributed by atoms with Crippen molar-refractivity contribution in [2.24, 2.45) is 17.6 Å². The third-order valence-electron chi connectivity index (χ3n) is 14.5. The number of hydrogen-bond acceptors (Lipinski definition) is 11. The Kier molecular flexibility index (Phi) is 14.0. The van der Waals surface area contributed by atoms with E-state index in [-0.39, 0.29) is 52.8 Å². The number of rotatable bonds is 6. The molecule has 18 heteroatoms. The maximum Gasteiger partial charge on any atom is 0.376 e. The van der Waals surface area contributed by atoms with Gasteiger partial charge in [0.15, 0.2) is 0 Å². The van der Waals surface area contributed by atoms with Gasteiger partial charge in [-0.05, 0) is 114 Å². The molecule has 1 aromatic heterocycles. The number of likely N-dealkylation sites (tertiary alicyclic amines) is 2. The molecule has 7 heterocycles.